The molecule has 0 bridgehead atoms. The minimum Gasteiger partial charge on any atom is -0.366 e. The van der Waals surface area contributed by atoms with Gasteiger partial charge in [-0.1, -0.05) is 25.1 Å². The zero-order valence-corrected chi connectivity index (χ0v) is 13.2. The van der Waals surface area contributed by atoms with Crippen molar-refractivity contribution in [1.29, 1.82) is 0 Å². The molecule has 0 aliphatic rings. The SMILES string of the molecule is CCc1c(C)c(C(N)=O)cc(-c2c[nH]c3ccccc23)c1C. The van der Waals surface area contributed by atoms with Crippen molar-refractivity contribution in [3.8, 4) is 11.1 Å². The molecule has 1 amide bonds. The second-order valence-electron chi connectivity index (χ2n) is 5.67. The lowest BCUT2D eigenvalue weighted by atomic mass is 9.88. The van der Waals surface area contributed by atoms with Gasteiger partial charge in [0.25, 0.3) is 0 Å². The van der Waals surface area contributed by atoms with Crippen molar-refractivity contribution >= 4 is 16.8 Å². The summed E-state index contributed by atoms with van der Waals surface area (Å²) in [6.07, 6.45) is 2.89. The van der Waals surface area contributed by atoms with E-state index in [1.54, 1.807) is 0 Å². The van der Waals surface area contributed by atoms with Gasteiger partial charge in [-0.2, -0.15) is 0 Å². The molecule has 3 heteroatoms. The smallest absolute Gasteiger partial charge is 0.248 e. The summed E-state index contributed by atoms with van der Waals surface area (Å²) in [4.78, 5) is 15.1. The number of nitrogens with two attached hydrogens (primary N) is 1. The number of rotatable bonds is 3. The second kappa shape index (κ2) is 5.34. The third kappa shape index (κ3) is 2.10. The van der Waals surface area contributed by atoms with E-state index in [9.17, 15) is 4.79 Å². The van der Waals surface area contributed by atoms with Crippen LogP contribution in [0, 0.1) is 13.8 Å². The van der Waals surface area contributed by atoms with E-state index in [2.05, 4.69) is 31.0 Å². The van der Waals surface area contributed by atoms with Crippen LogP contribution in [0.2, 0.25) is 0 Å². The predicted octanol–water partition coefficient (Wildman–Crippen LogP) is 4.11. The summed E-state index contributed by atoms with van der Waals surface area (Å²) in [6, 6.07) is 10.1. The van der Waals surface area contributed by atoms with E-state index in [1.165, 1.54) is 11.1 Å². The molecule has 0 atom stereocenters. The van der Waals surface area contributed by atoms with Crippen molar-refractivity contribution in [2.24, 2.45) is 5.73 Å². The van der Waals surface area contributed by atoms with Crippen molar-refractivity contribution < 1.29 is 4.79 Å². The summed E-state index contributed by atoms with van der Waals surface area (Å²) in [7, 11) is 0. The molecule has 0 aliphatic heterocycles. The molecule has 0 aliphatic carbocycles. The van der Waals surface area contributed by atoms with Gasteiger partial charge in [-0.25, -0.2) is 0 Å². The van der Waals surface area contributed by atoms with Crippen LogP contribution in [-0.2, 0) is 6.42 Å². The first-order valence-electron chi connectivity index (χ1n) is 7.54. The number of benzene rings is 2. The standard InChI is InChI=1S/C19H20N2O/c1-4-13-11(2)15(9-16(12(13)3)19(20)22)17-10-21-18-8-6-5-7-14(17)18/h5-10,21H,4H2,1-3H3,(H2,20,22). The molecular weight excluding hydrogens is 272 g/mol. The molecule has 0 saturated heterocycles. The van der Waals surface area contributed by atoms with Crippen molar-refractivity contribution in [1.82, 2.24) is 4.98 Å². The molecule has 0 unspecified atom stereocenters. The van der Waals surface area contributed by atoms with Gasteiger partial charge in [0, 0.05) is 28.2 Å². The number of fused-ring (bicyclic) bond motifs is 1. The molecule has 0 fully saturated rings. The molecule has 112 valence electrons. The Balaban J connectivity index is 2.35. The molecule has 0 saturated carbocycles. The predicted molar refractivity (Wildman–Crippen MR) is 91.1 cm³/mol. The van der Waals surface area contributed by atoms with Crippen molar-refractivity contribution in [3.05, 3.63) is 58.8 Å². The molecule has 2 aromatic carbocycles. The van der Waals surface area contributed by atoms with E-state index in [1.807, 2.05) is 31.3 Å². The van der Waals surface area contributed by atoms with Crippen LogP contribution < -0.4 is 5.73 Å². The summed E-state index contributed by atoms with van der Waals surface area (Å²) in [6.45, 7) is 6.21. The number of H-pyrrole nitrogens is 1. The molecular formula is C19H20N2O. The van der Waals surface area contributed by atoms with Crippen molar-refractivity contribution in [2.75, 3.05) is 0 Å². The third-order valence-electron chi connectivity index (χ3n) is 4.50. The Morgan fingerprint density at radius 1 is 1.14 bits per heavy atom. The van der Waals surface area contributed by atoms with Gasteiger partial charge in [-0.05, 0) is 54.7 Å². The lowest BCUT2D eigenvalue weighted by Gasteiger charge is -2.16. The molecule has 0 radical (unpaired) electrons. The maximum absolute atomic E-state index is 11.8. The maximum atomic E-state index is 11.8. The lowest BCUT2D eigenvalue weighted by molar-refractivity contribution is 0.0999. The molecule has 3 N–H and O–H groups in total. The largest absolute Gasteiger partial charge is 0.366 e. The van der Waals surface area contributed by atoms with E-state index in [4.69, 9.17) is 5.73 Å². The fourth-order valence-electron chi connectivity index (χ4n) is 3.33. The monoisotopic (exact) mass is 292 g/mol. The first-order chi connectivity index (χ1) is 10.5. The molecule has 0 spiro atoms. The number of amides is 1. The Hall–Kier alpha value is -2.55. The summed E-state index contributed by atoms with van der Waals surface area (Å²) >= 11 is 0. The number of carbonyl (C=O) groups excluding carboxylic acids is 1. The van der Waals surface area contributed by atoms with Gasteiger partial charge in [0.15, 0.2) is 0 Å². The Morgan fingerprint density at radius 3 is 2.55 bits per heavy atom. The maximum Gasteiger partial charge on any atom is 0.248 e. The minimum atomic E-state index is -0.367. The van der Waals surface area contributed by atoms with Crippen LogP contribution in [0.3, 0.4) is 0 Å². The Labute approximate surface area is 130 Å². The van der Waals surface area contributed by atoms with Gasteiger partial charge < -0.3 is 10.7 Å². The van der Waals surface area contributed by atoms with Gasteiger partial charge in [0.2, 0.25) is 5.91 Å². The average Bonchev–Trinajstić information content (AvgIpc) is 2.91. The highest BCUT2D eigenvalue weighted by Gasteiger charge is 2.17. The molecule has 22 heavy (non-hydrogen) atoms. The lowest BCUT2D eigenvalue weighted by Crippen LogP contribution is -2.15. The van der Waals surface area contributed by atoms with E-state index in [-0.39, 0.29) is 5.91 Å². The van der Waals surface area contributed by atoms with Crippen LogP contribution in [0.15, 0.2) is 36.5 Å². The van der Waals surface area contributed by atoms with Crippen LogP contribution in [0.25, 0.3) is 22.0 Å². The zero-order valence-electron chi connectivity index (χ0n) is 13.2. The third-order valence-corrected chi connectivity index (χ3v) is 4.50. The van der Waals surface area contributed by atoms with Crippen LogP contribution in [-0.4, -0.2) is 10.9 Å². The molecule has 3 rings (SSSR count). The summed E-state index contributed by atoms with van der Waals surface area (Å²) < 4.78 is 0. The topological polar surface area (TPSA) is 58.9 Å². The number of nitrogens with one attached hydrogen (secondary N) is 1. The van der Waals surface area contributed by atoms with Crippen LogP contribution in [0.5, 0.6) is 0 Å². The van der Waals surface area contributed by atoms with Gasteiger partial charge in [0.05, 0.1) is 0 Å². The number of carbonyl (C=O) groups is 1. The molecule has 1 aromatic heterocycles. The molecule has 1 heterocycles. The van der Waals surface area contributed by atoms with Gasteiger partial charge >= 0.3 is 0 Å². The highest BCUT2D eigenvalue weighted by molar-refractivity contribution is 6.00. The summed E-state index contributed by atoms with van der Waals surface area (Å²) in [5, 5.41) is 1.16. The number of aromatic nitrogens is 1. The fraction of sp³-hybridized carbons (Fsp3) is 0.211. The Morgan fingerprint density at radius 2 is 1.86 bits per heavy atom. The van der Waals surface area contributed by atoms with E-state index >= 15 is 0 Å². The van der Waals surface area contributed by atoms with Crippen LogP contribution >= 0.6 is 0 Å². The number of hydrogen-bond donors (Lipinski definition) is 2. The van der Waals surface area contributed by atoms with E-state index in [0.717, 1.165) is 34.0 Å². The van der Waals surface area contributed by atoms with E-state index in [0.29, 0.717) is 5.56 Å². The Kier molecular flexibility index (Phi) is 3.49. The molecule has 3 aromatic rings. The average molecular weight is 292 g/mol. The Bertz CT molecular complexity index is 875. The van der Waals surface area contributed by atoms with Crippen molar-refractivity contribution in [2.45, 2.75) is 27.2 Å². The summed E-state index contributed by atoms with van der Waals surface area (Å²) in [5.41, 5.74) is 12.9. The van der Waals surface area contributed by atoms with Gasteiger partial charge in [0.1, 0.15) is 0 Å². The van der Waals surface area contributed by atoms with Crippen molar-refractivity contribution in [3.63, 3.8) is 0 Å². The van der Waals surface area contributed by atoms with Crippen LogP contribution in [0.1, 0.15) is 34.0 Å². The summed E-state index contributed by atoms with van der Waals surface area (Å²) in [5.74, 6) is -0.367. The second-order valence-corrected chi connectivity index (χ2v) is 5.67. The fourth-order valence-corrected chi connectivity index (χ4v) is 3.33. The van der Waals surface area contributed by atoms with Gasteiger partial charge in [-0.3, -0.25) is 4.79 Å². The zero-order chi connectivity index (χ0) is 15.9. The number of hydrogen-bond acceptors (Lipinski definition) is 1. The number of primary amides is 1. The first-order valence-corrected chi connectivity index (χ1v) is 7.54. The highest BCUT2D eigenvalue weighted by Crippen LogP contribution is 2.35. The first kappa shape index (κ1) is 14.4. The van der Waals surface area contributed by atoms with Gasteiger partial charge in [-0.15, -0.1) is 0 Å². The highest BCUT2D eigenvalue weighted by atomic mass is 16.1. The number of aromatic amines is 1. The minimum absolute atomic E-state index is 0.367. The normalized spacial score (nSPS) is 11.0. The van der Waals surface area contributed by atoms with Crippen LogP contribution in [0.4, 0.5) is 0 Å². The quantitative estimate of drug-likeness (QED) is 0.749. The molecule has 3 nitrogen and oxygen atoms in total. The number of para-hydroxylation sites is 1. The van der Waals surface area contributed by atoms with E-state index < -0.39 is 0 Å².